The number of rotatable bonds is 7. The van der Waals surface area contributed by atoms with Gasteiger partial charge in [-0.3, -0.25) is 0 Å². The van der Waals surface area contributed by atoms with E-state index in [4.69, 9.17) is 9.84 Å². The van der Waals surface area contributed by atoms with Crippen molar-refractivity contribution >= 4 is 6.03 Å². The molecule has 2 aliphatic carbocycles. The van der Waals surface area contributed by atoms with E-state index in [0.29, 0.717) is 6.04 Å². The molecule has 0 spiro atoms. The van der Waals surface area contributed by atoms with Gasteiger partial charge in [0.25, 0.3) is 0 Å². The number of benzene rings is 1. The van der Waals surface area contributed by atoms with E-state index in [2.05, 4.69) is 11.4 Å². The third-order valence-electron chi connectivity index (χ3n) is 4.80. The highest BCUT2D eigenvalue weighted by Crippen LogP contribution is 2.37. The van der Waals surface area contributed by atoms with Gasteiger partial charge in [-0.25, -0.2) is 4.79 Å². The predicted molar refractivity (Wildman–Crippen MR) is 88.6 cm³/mol. The van der Waals surface area contributed by atoms with Crippen LogP contribution in [0.3, 0.4) is 0 Å². The second-order valence-corrected chi connectivity index (χ2v) is 6.42. The van der Waals surface area contributed by atoms with Gasteiger partial charge in [0.15, 0.2) is 0 Å². The van der Waals surface area contributed by atoms with Gasteiger partial charge in [-0.15, -0.1) is 0 Å². The highest BCUT2D eigenvalue weighted by atomic mass is 16.5. The lowest BCUT2D eigenvalue weighted by Gasteiger charge is -2.25. The van der Waals surface area contributed by atoms with Gasteiger partial charge >= 0.3 is 6.03 Å². The summed E-state index contributed by atoms with van der Waals surface area (Å²) in [6, 6.07) is 6.55. The molecule has 1 saturated carbocycles. The second kappa shape index (κ2) is 7.21. The maximum atomic E-state index is 12.7. The number of hydrogen-bond acceptors (Lipinski definition) is 3. The normalized spacial score (nSPS) is 19.3. The third kappa shape index (κ3) is 3.61. The first-order valence-electron chi connectivity index (χ1n) is 8.58. The molecule has 126 valence electrons. The largest absolute Gasteiger partial charge is 0.496 e. The summed E-state index contributed by atoms with van der Waals surface area (Å²) in [6.45, 7) is 0.921. The molecule has 0 saturated heterocycles. The molecule has 2 amide bonds. The number of amides is 2. The molecule has 0 aromatic heterocycles. The van der Waals surface area contributed by atoms with Crippen molar-refractivity contribution in [1.82, 2.24) is 10.2 Å². The number of hydrogen-bond donors (Lipinski definition) is 2. The van der Waals surface area contributed by atoms with Gasteiger partial charge in [0, 0.05) is 19.2 Å². The topological polar surface area (TPSA) is 61.8 Å². The highest BCUT2D eigenvalue weighted by Gasteiger charge is 2.34. The minimum atomic E-state index is 0.0334. The molecule has 0 bridgehead atoms. The zero-order valence-corrected chi connectivity index (χ0v) is 13.8. The molecule has 1 aromatic carbocycles. The zero-order chi connectivity index (χ0) is 16.2. The Labute approximate surface area is 137 Å². The molecule has 2 aliphatic rings. The minimum Gasteiger partial charge on any atom is -0.496 e. The monoisotopic (exact) mass is 318 g/mol. The van der Waals surface area contributed by atoms with Crippen LogP contribution >= 0.6 is 0 Å². The Morgan fingerprint density at radius 2 is 2.17 bits per heavy atom. The molecule has 0 aliphatic heterocycles. The number of unbranched alkanes of at least 4 members (excludes halogenated alkanes) is 1. The number of aliphatic hydroxyl groups excluding tert-OH is 1. The number of fused-ring (bicyclic) bond motifs is 1. The van der Waals surface area contributed by atoms with E-state index < -0.39 is 0 Å². The summed E-state index contributed by atoms with van der Waals surface area (Å²) in [5.74, 6) is 0.918. The number of carbonyl (C=O) groups is 1. The quantitative estimate of drug-likeness (QED) is 0.760. The third-order valence-corrected chi connectivity index (χ3v) is 4.80. The van der Waals surface area contributed by atoms with Crippen molar-refractivity contribution in [1.29, 1.82) is 0 Å². The summed E-state index contributed by atoms with van der Waals surface area (Å²) in [4.78, 5) is 14.6. The fraction of sp³-hybridized carbons (Fsp3) is 0.611. The van der Waals surface area contributed by atoms with Crippen molar-refractivity contribution in [2.75, 3.05) is 20.3 Å². The summed E-state index contributed by atoms with van der Waals surface area (Å²) < 4.78 is 5.42. The zero-order valence-electron chi connectivity index (χ0n) is 13.8. The van der Waals surface area contributed by atoms with Crippen molar-refractivity contribution in [3.8, 4) is 5.75 Å². The number of carbonyl (C=O) groups excluding carboxylic acids is 1. The smallest absolute Gasteiger partial charge is 0.318 e. The van der Waals surface area contributed by atoms with Gasteiger partial charge in [0.2, 0.25) is 0 Å². The molecule has 1 aromatic rings. The van der Waals surface area contributed by atoms with Crippen LogP contribution in [0, 0.1) is 0 Å². The van der Waals surface area contributed by atoms with Crippen LogP contribution in [0.5, 0.6) is 5.75 Å². The van der Waals surface area contributed by atoms with E-state index in [9.17, 15) is 4.79 Å². The molecular weight excluding hydrogens is 292 g/mol. The second-order valence-electron chi connectivity index (χ2n) is 6.42. The maximum absolute atomic E-state index is 12.7. The van der Waals surface area contributed by atoms with Gasteiger partial charge < -0.3 is 20.1 Å². The summed E-state index contributed by atoms with van der Waals surface area (Å²) >= 11 is 0. The average molecular weight is 318 g/mol. The van der Waals surface area contributed by atoms with Crippen LogP contribution in [-0.2, 0) is 6.42 Å². The van der Waals surface area contributed by atoms with Gasteiger partial charge in [-0.1, -0.05) is 12.1 Å². The SMILES string of the molecule is COc1cccc2c1CCC2NC(=O)N(CCCCO)C1CC1. The first-order chi connectivity index (χ1) is 11.2. The Morgan fingerprint density at radius 1 is 1.35 bits per heavy atom. The number of ether oxygens (including phenoxy) is 1. The summed E-state index contributed by atoms with van der Waals surface area (Å²) in [7, 11) is 1.69. The minimum absolute atomic E-state index is 0.0334. The molecule has 1 fully saturated rings. The highest BCUT2D eigenvalue weighted by molar-refractivity contribution is 5.75. The van der Waals surface area contributed by atoms with Gasteiger partial charge in [-0.05, 0) is 55.7 Å². The standard InChI is InChI=1S/C18H26N2O3/c1-23-17-6-4-5-14-15(17)9-10-16(14)19-18(22)20(13-7-8-13)11-2-3-12-21/h4-6,13,16,21H,2-3,7-12H2,1H3,(H,19,22). The van der Waals surface area contributed by atoms with Crippen LogP contribution in [-0.4, -0.2) is 42.3 Å². The van der Waals surface area contributed by atoms with Crippen LogP contribution in [0.1, 0.15) is 49.3 Å². The molecule has 1 atom stereocenters. The molecular formula is C18H26N2O3. The molecule has 3 rings (SSSR count). The van der Waals surface area contributed by atoms with Crippen molar-refractivity contribution in [3.05, 3.63) is 29.3 Å². The first-order valence-corrected chi connectivity index (χ1v) is 8.58. The maximum Gasteiger partial charge on any atom is 0.318 e. The summed E-state index contributed by atoms with van der Waals surface area (Å²) in [6.07, 6.45) is 5.67. The Bertz CT molecular complexity index is 557. The lowest BCUT2D eigenvalue weighted by Crippen LogP contribution is -2.43. The lowest BCUT2D eigenvalue weighted by atomic mass is 10.1. The predicted octanol–water partition coefficient (Wildman–Crippen LogP) is 2.63. The fourth-order valence-electron chi connectivity index (χ4n) is 3.42. The summed E-state index contributed by atoms with van der Waals surface area (Å²) in [5.41, 5.74) is 2.40. The number of nitrogens with one attached hydrogen (secondary N) is 1. The van der Waals surface area contributed by atoms with E-state index in [-0.39, 0.29) is 18.7 Å². The van der Waals surface area contributed by atoms with Crippen molar-refractivity contribution < 1.29 is 14.6 Å². The van der Waals surface area contributed by atoms with E-state index in [0.717, 1.165) is 50.8 Å². The number of nitrogens with zero attached hydrogens (tertiary/aromatic N) is 1. The summed E-state index contributed by atoms with van der Waals surface area (Å²) in [5, 5.41) is 12.1. The molecule has 1 unspecified atom stereocenters. The van der Waals surface area contributed by atoms with Gasteiger partial charge in [0.05, 0.1) is 13.2 Å². The molecule has 0 radical (unpaired) electrons. The van der Waals surface area contributed by atoms with E-state index in [1.54, 1.807) is 7.11 Å². The Hall–Kier alpha value is -1.75. The lowest BCUT2D eigenvalue weighted by molar-refractivity contribution is 0.186. The fourth-order valence-corrected chi connectivity index (χ4v) is 3.42. The van der Waals surface area contributed by atoms with Crippen LogP contribution in [0.25, 0.3) is 0 Å². The molecule has 23 heavy (non-hydrogen) atoms. The number of aliphatic hydroxyl groups is 1. The van der Waals surface area contributed by atoms with Crippen molar-refractivity contribution in [2.45, 2.75) is 50.6 Å². The number of methoxy groups -OCH3 is 1. The van der Waals surface area contributed by atoms with Crippen molar-refractivity contribution in [3.63, 3.8) is 0 Å². The van der Waals surface area contributed by atoms with Crippen molar-refractivity contribution in [2.24, 2.45) is 0 Å². The van der Waals surface area contributed by atoms with Gasteiger partial charge in [0.1, 0.15) is 5.75 Å². The van der Waals surface area contributed by atoms with Gasteiger partial charge in [-0.2, -0.15) is 0 Å². The Kier molecular flexibility index (Phi) is 5.06. The molecule has 5 heteroatoms. The molecule has 5 nitrogen and oxygen atoms in total. The van der Waals surface area contributed by atoms with Crippen LogP contribution in [0.15, 0.2) is 18.2 Å². The van der Waals surface area contributed by atoms with E-state index in [1.165, 1.54) is 11.1 Å². The van der Waals surface area contributed by atoms with E-state index in [1.807, 2.05) is 17.0 Å². The molecule has 0 heterocycles. The molecule has 2 N–H and O–H groups in total. The average Bonchev–Trinajstić information content (AvgIpc) is 3.32. The van der Waals surface area contributed by atoms with Crippen LogP contribution < -0.4 is 10.1 Å². The Morgan fingerprint density at radius 3 is 2.87 bits per heavy atom. The Balaban J connectivity index is 1.64. The van der Waals surface area contributed by atoms with Crippen LogP contribution in [0.4, 0.5) is 4.79 Å². The first kappa shape index (κ1) is 16.1. The van der Waals surface area contributed by atoms with Crippen LogP contribution in [0.2, 0.25) is 0 Å². The number of urea groups is 1. The van der Waals surface area contributed by atoms with E-state index >= 15 is 0 Å².